The third-order valence-corrected chi connectivity index (χ3v) is 3.46. The molecule has 1 fully saturated rings. The molecule has 1 saturated heterocycles. The number of nitrogen functional groups attached to an aromatic ring is 1. The molecule has 0 spiro atoms. The molecule has 21 heavy (non-hydrogen) atoms. The summed E-state index contributed by atoms with van der Waals surface area (Å²) in [4.78, 5) is 27.4. The van der Waals surface area contributed by atoms with Gasteiger partial charge >= 0.3 is 6.09 Å². The topological polar surface area (TPSA) is 93.7 Å². The quantitative estimate of drug-likeness (QED) is 0.871. The zero-order valence-corrected chi connectivity index (χ0v) is 12.4. The highest BCUT2D eigenvalue weighted by Crippen LogP contribution is 2.15. The van der Waals surface area contributed by atoms with E-state index in [1.54, 1.807) is 21.4 Å². The monoisotopic (exact) mass is 295 g/mol. The van der Waals surface area contributed by atoms with E-state index in [-0.39, 0.29) is 12.0 Å². The first kappa shape index (κ1) is 15.1. The molecule has 2 N–H and O–H groups in total. The maximum atomic E-state index is 12.5. The van der Waals surface area contributed by atoms with E-state index >= 15 is 0 Å². The number of rotatable bonds is 3. The lowest BCUT2D eigenvalue weighted by Gasteiger charge is -2.34. The number of nitrogens with zero attached hydrogens (tertiary/aromatic N) is 4. The molecule has 0 atom stereocenters. The largest absolute Gasteiger partial charge is 0.450 e. The van der Waals surface area contributed by atoms with Crippen molar-refractivity contribution in [2.45, 2.75) is 20.4 Å². The van der Waals surface area contributed by atoms with Crippen LogP contribution in [0.4, 0.5) is 10.5 Å². The van der Waals surface area contributed by atoms with Gasteiger partial charge in [-0.3, -0.25) is 9.48 Å². The van der Waals surface area contributed by atoms with Gasteiger partial charge in [-0.1, -0.05) is 0 Å². The Balaban J connectivity index is 2.00. The average Bonchev–Trinajstić information content (AvgIpc) is 2.88. The van der Waals surface area contributed by atoms with Gasteiger partial charge in [-0.15, -0.1) is 0 Å². The van der Waals surface area contributed by atoms with Crippen LogP contribution in [0, 0.1) is 0 Å². The lowest BCUT2D eigenvalue weighted by atomic mass is 10.2. The van der Waals surface area contributed by atoms with Gasteiger partial charge in [0.1, 0.15) is 5.69 Å². The van der Waals surface area contributed by atoms with Crippen molar-refractivity contribution in [3.05, 3.63) is 11.9 Å². The highest BCUT2D eigenvalue weighted by molar-refractivity contribution is 5.97. The number of aryl methyl sites for hydroxylation is 1. The molecule has 2 heterocycles. The summed E-state index contributed by atoms with van der Waals surface area (Å²) in [5, 5.41) is 4.08. The van der Waals surface area contributed by atoms with Crippen LogP contribution in [-0.4, -0.2) is 64.4 Å². The summed E-state index contributed by atoms with van der Waals surface area (Å²) in [6.45, 7) is 6.47. The van der Waals surface area contributed by atoms with Gasteiger partial charge in [-0.05, 0) is 13.8 Å². The van der Waals surface area contributed by atoms with Gasteiger partial charge in [0.2, 0.25) is 0 Å². The van der Waals surface area contributed by atoms with E-state index in [0.29, 0.717) is 50.7 Å². The summed E-state index contributed by atoms with van der Waals surface area (Å²) in [6, 6.07) is 0. The van der Waals surface area contributed by atoms with Crippen molar-refractivity contribution in [1.82, 2.24) is 19.6 Å². The van der Waals surface area contributed by atoms with Gasteiger partial charge in [0, 0.05) is 32.7 Å². The van der Waals surface area contributed by atoms with Crippen molar-refractivity contribution in [1.29, 1.82) is 0 Å². The first-order valence-corrected chi connectivity index (χ1v) is 7.10. The molecule has 1 aromatic rings. The number of hydrogen-bond donors (Lipinski definition) is 1. The fourth-order valence-corrected chi connectivity index (χ4v) is 2.33. The minimum atomic E-state index is -0.331. The minimum absolute atomic E-state index is 0.143. The number of amides is 2. The summed E-state index contributed by atoms with van der Waals surface area (Å²) >= 11 is 0. The normalized spacial score (nSPS) is 15.1. The third kappa shape index (κ3) is 3.09. The highest BCUT2D eigenvalue weighted by Gasteiger charge is 2.28. The summed E-state index contributed by atoms with van der Waals surface area (Å²) in [7, 11) is 0. The van der Waals surface area contributed by atoms with E-state index in [4.69, 9.17) is 10.5 Å². The molecule has 8 nitrogen and oxygen atoms in total. The molecule has 0 saturated carbocycles. The van der Waals surface area contributed by atoms with Crippen LogP contribution in [0.1, 0.15) is 24.3 Å². The SMILES string of the molecule is CCOC(=O)N1CCN(C(=O)c2c(N)cnn2CC)CC1. The molecule has 0 bridgehead atoms. The van der Waals surface area contributed by atoms with Crippen LogP contribution in [-0.2, 0) is 11.3 Å². The fraction of sp³-hybridized carbons (Fsp3) is 0.615. The van der Waals surface area contributed by atoms with Gasteiger partial charge in [0.25, 0.3) is 5.91 Å². The van der Waals surface area contributed by atoms with E-state index in [0.717, 1.165) is 0 Å². The van der Waals surface area contributed by atoms with Crippen molar-refractivity contribution in [2.24, 2.45) is 0 Å². The molecule has 1 aromatic heterocycles. The first-order chi connectivity index (χ1) is 10.1. The first-order valence-electron chi connectivity index (χ1n) is 7.10. The van der Waals surface area contributed by atoms with Gasteiger partial charge in [-0.2, -0.15) is 5.10 Å². The third-order valence-electron chi connectivity index (χ3n) is 3.46. The number of anilines is 1. The zero-order valence-electron chi connectivity index (χ0n) is 12.4. The van der Waals surface area contributed by atoms with Crippen LogP contribution in [0.2, 0.25) is 0 Å². The summed E-state index contributed by atoms with van der Waals surface area (Å²) in [5.74, 6) is -0.143. The van der Waals surface area contributed by atoms with Crippen LogP contribution < -0.4 is 5.73 Å². The number of nitrogens with two attached hydrogens (primary N) is 1. The van der Waals surface area contributed by atoms with Crippen molar-refractivity contribution in [3.8, 4) is 0 Å². The molecule has 0 aromatic carbocycles. The molecule has 8 heteroatoms. The number of hydrogen-bond acceptors (Lipinski definition) is 5. The Bertz CT molecular complexity index is 520. The van der Waals surface area contributed by atoms with Crippen molar-refractivity contribution in [3.63, 3.8) is 0 Å². The molecule has 116 valence electrons. The van der Waals surface area contributed by atoms with Crippen molar-refractivity contribution >= 4 is 17.7 Å². The molecule has 1 aliphatic rings. The van der Waals surface area contributed by atoms with Crippen molar-refractivity contribution in [2.75, 3.05) is 38.5 Å². The predicted octanol–water partition coefficient (Wildman–Crippen LogP) is 0.400. The molecule has 0 radical (unpaired) electrons. The second kappa shape index (κ2) is 6.47. The minimum Gasteiger partial charge on any atom is -0.450 e. The Labute approximate surface area is 123 Å². The highest BCUT2D eigenvalue weighted by atomic mass is 16.6. The Hall–Kier alpha value is -2.25. The van der Waals surface area contributed by atoms with Gasteiger partial charge < -0.3 is 20.3 Å². The second-order valence-corrected chi connectivity index (χ2v) is 4.74. The molecule has 0 unspecified atom stereocenters. The van der Waals surface area contributed by atoms with E-state index in [1.165, 1.54) is 6.20 Å². The number of carbonyl (C=O) groups is 2. The summed E-state index contributed by atoms with van der Waals surface area (Å²) in [6.07, 6.45) is 1.16. The fourth-order valence-electron chi connectivity index (χ4n) is 2.33. The van der Waals surface area contributed by atoms with E-state index in [1.807, 2.05) is 6.92 Å². The smallest absolute Gasteiger partial charge is 0.409 e. The van der Waals surface area contributed by atoms with Crippen LogP contribution in [0.15, 0.2) is 6.20 Å². The average molecular weight is 295 g/mol. The van der Waals surface area contributed by atoms with E-state index in [9.17, 15) is 9.59 Å². The maximum Gasteiger partial charge on any atom is 0.409 e. The second-order valence-electron chi connectivity index (χ2n) is 4.74. The van der Waals surface area contributed by atoms with Crippen LogP contribution in [0.5, 0.6) is 0 Å². The number of carbonyl (C=O) groups excluding carboxylic acids is 2. The summed E-state index contributed by atoms with van der Waals surface area (Å²) in [5.41, 5.74) is 6.63. The Morgan fingerprint density at radius 1 is 1.24 bits per heavy atom. The van der Waals surface area contributed by atoms with Crippen molar-refractivity contribution < 1.29 is 14.3 Å². The van der Waals surface area contributed by atoms with E-state index < -0.39 is 0 Å². The lowest BCUT2D eigenvalue weighted by Crippen LogP contribution is -2.51. The van der Waals surface area contributed by atoms with Crippen LogP contribution in [0.25, 0.3) is 0 Å². The van der Waals surface area contributed by atoms with Gasteiger partial charge in [-0.25, -0.2) is 4.79 Å². The zero-order chi connectivity index (χ0) is 15.4. The molecule has 2 rings (SSSR count). The lowest BCUT2D eigenvalue weighted by molar-refractivity contribution is 0.0561. The molecule has 0 aliphatic carbocycles. The standard InChI is InChI=1S/C13H21N5O3/c1-3-18-11(10(14)9-15-18)12(19)16-5-7-17(8-6-16)13(20)21-4-2/h9H,3-8,14H2,1-2H3. The van der Waals surface area contributed by atoms with Crippen LogP contribution in [0.3, 0.4) is 0 Å². The Kier molecular flexibility index (Phi) is 4.66. The van der Waals surface area contributed by atoms with Gasteiger partial charge in [0.15, 0.2) is 0 Å². The molecular weight excluding hydrogens is 274 g/mol. The van der Waals surface area contributed by atoms with E-state index in [2.05, 4.69) is 5.10 Å². The summed E-state index contributed by atoms with van der Waals surface area (Å²) < 4.78 is 6.55. The Morgan fingerprint density at radius 2 is 1.86 bits per heavy atom. The number of ether oxygens (including phenoxy) is 1. The molecular formula is C13H21N5O3. The Morgan fingerprint density at radius 3 is 2.43 bits per heavy atom. The number of aromatic nitrogens is 2. The molecule has 2 amide bonds. The number of piperazine rings is 1. The predicted molar refractivity (Wildman–Crippen MR) is 76.8 cm³/mol. The van der Waals surface area contributed by atoms with Gasteiger partial charge in [0.05, 0.1) is 18.5 Å². The maximum absolute atomic E-state index is 12.5. The molecule has 1 aliphatic heterocycles. The van der Waals surface area contributed by atoms with Crippen LogP contribution >= 0.6 is 0 Å².